The summed E-state index contributed by atoms with van der Waals surface area (Å²) in [5.41, 5.74) is 0. The number of aldehydes is 1. The van der Waals surface area contributed by atoms with Crippen LogP contribution >= 0.6 is 0 Å². The Hall–Kier alpha value is -0.590. The van der Waals surface area contributed by atoms with Gasteiger partial charge in [0.1, 0.15) is 6.29 Å². The van der Waals surface area contributed by atoms with E-state index in [4.69, 9.17) is 0 Å². The molecule has 1 atom stereocenters. The minimum Gasteiger partial charge on any atom is -0.303 e. The minimum atomic E-state index is 0.202. The van der Waals surface area contributed by atoms with Crippen LogP contribution in [0.2, 0.25) is 0 Å². The molecule has 0 aliphatic carbocycles. The van der Waals surface area contributed by atoms with E-state index in [2.05, 4.69) is 6.58 Å². The molecule has 0 radical (unpaired) electrons. The zero-order valence-electron chi connectivity index (χ0n) is 5.26. The molecule has 0 unspecified atom stereocenters. The molecule has 1 heteroatoms. The minimum absolute atomic E-state index is 0.202. The van der Waals surface area contributed by atoms with Gasteiger partial charge < -0.3 is 4.79 Å². The lowest BCUT2D eigenvalue weighted by atomic mass is 10.1. The fourth-order valence-corrected chi connectivity index (χ4v) is 0.449. The van der Waals surface area contributed by atoms with E-state index in [-0.39, 0.29) is 5.92 Å². The lowest BCUT2D eigenvalue weighted by Crippen LogP contribution is -1.92. The molecule has 8 heavy (non-hydrogen) atoms. The van der Waals surface area contributed by atoms with E-state index in [1.54, 1.807) is 0 Å². The average Bonchev–Trinajstić information content (AvgIpc) is 1.83. The Morgan fingerprint density at radius 2 is 2.38 bits per heavy atom. The van der Waals surface area contributed by atoms with Crippen molar-refractivity contribution in [3.8, 4) is 0 Å². The van der Waals surface area contributed by atoms with Gasteiger partial charge in [0, 0.05) is 5.92 Å². The zero-order chi connectivity index (χ0) is 6.41. The van der Waals surface area contributed by atoms with Crippen LogP contribution in [-0.2, 0) is 4.79 Å². The van der Waals surface area contributed by atoms with Gasteiger partial charge in [0.05, 0.1) is 0 Å². The molecule has 0 rings (SSSR count). The SMILES string of the molecule is C=CCC[C@@H](C)C=O. The van der Waals surface area contributed by atoms with Gasteiger partial charge in [-0.1, -0.05) is 13.0 Å². The highest BCUT2D eigenvalue weighted by atomic mass is 16.1. The lowest BCUT2D eigenvalue weighted by molar-refractivity contribution is -0.110. The van der Waals surface area contributed by atoms with Crippen LogP contribution in [-0.4, -0.2) is 6.29 Å². The Balaban J connectivity index is 3.09. The number of carbonyl (C=O) groups is 1. The monoisotopic (exact) mass is 112 g/mol. The summed E-state index contributed by atoms with van der Waals surface area (Å²) in [7, 11) is 0. The first-order valence-corrected chi connectivity index (χ1v) is 2.87. The third-order valence-corrected chi connectivity index (χ3v) is 1.06. The second-order valence-electron chi connectivity index (χ2n) is 1.98. The van der Waals surface area contributed by atoms with Gasteiger partial charge in [-0.3, -0.25) is 0 Å². The molecular weight excluding hydrogens is 100 g/mol. The van der Waals surface area contributed by atoms with Crippen LogP contribution in [0.4, 0.5) is 0 Å². The number of allylic oxidation sites excluding steroid dienone is 1. The van der Waals surface area contributed by atoms with Crippen molar-refractivity contribution in [2.45, 2.75) is 19.8 Å². The van der Waals surface area contributed by atoms with Crippen LogP contribution in [0.1, 0.15) is 19.8 Å². The van der Waals surface area contributed by atoms with Gasteiger partial charge in [-0.25, -0.2) is 0 Å². The van der Waals surface area contributed by atoms with E-state index in [1.807, 2.05) is 13.0 Å². The van der Waals surface area contributed by atoms with Crippen LogP contribution in [0.3, 0.4) is 0 Å². The maximum Gasteiger partial charge on any atom is 0.122 e. The smallest absolute Gasteiger partial charge is 0.122 e. The molecule has 46 valence electrons. The molecular formula is C7H12O. The Labute approximate surface area is 50.4 Å². The molecule has 0 N–H and O–H groups in total. The Bertz CT molecular complexity index is 76.5. The van der Waals surface area contributed by atoms with Crippen LogP contribution in [0, 0.1) is 5.92 Å². The molecule has 0 aliphatic rings. The van der Waals surface area contributed by atoms with Gasteiger partial charge in [0.25, 0.3) is 0 Å². The van der Waals surface area contributed by atoms with Crippen molar-refractivity contribution in [1.29, 1.82) is 0 Å². The third kappa shape index (κ3) is 3.59. The van der Waals surface area contributed by atoms with Crippen molar-refractivity contribution >= 4 is 6.29 Å². The molecule has 0 spiro atoms. The van der Waals surface area contributed by atoms with E-state index in [9.17, 15) is 4.79 Å². The van der Waals surface area contributed by atoms with Crippen molar-refractivity contribution < 1.29 is 4.79 Å². The van der Waals surface area contributed by atoms with Crippen LogP contribution in [0.15, 0.2) is 12.7 Å². The molecule has 0 bridgehead atoms. The lowest BCUT2D eigenvalue weighted by Gasteiger charge is -1.95. The van der Waals surface area contributed by atoms with Crippen molar-refractivity contribution in [1.82, 2.24) is 0 Å². The van der Waals surface area contributed by atoms with E-state index >= 15 is 0 Å². The Morgan fingerprint density at radius 1 is 1.75 bits per heavy atom. The first kappa shape index (κ1) is 7.41. The van der Waals surface area contributed by atoms with E-state index in [0.29, 0.717) is 0 Å². The average molecular weight is 112 g/mol. The van der Waals surface area contributed by atoms with Crippen LogP contribution in [0.5, 0.6) is 0 Å². The van der Waals surface area contributed by atoms with Crippen molar-refractivity contribution in [2.75, 3.05) is 0 Å². The first-order valence-electron chi connectivity index (χ1n) is 2.87. The zero-order valence-corrected chi connectivity index (χ0v) is 5.26. The van der Waals surface area contributed by atoms with Gasteiger partial charge in [-0.2, -0.15) is 0 Å². The van der Waals surface area contributed by atoms with Crippen molar-refractivity contribution in [3.63, 3.8) is 0 Å². The molecule has 0 saturated heterocycles. The molecule has 0 aliphatic heterocycles. The fourth-order valence-electron chi connectivity index (χ4n) is 0.449. The summed E-state index contributed by atoms with van der Waals surface area (Å²) in [4.78, 5) is 9.98. The predicted molar refractivity (Wildman–Crippen MR) is 34.7 cm³/mol. The third-order valence-electron chi connectivity index (χ3n) is 1.06. The molecule has 0 saturated carbocycles. The van der Waals surface area contributed by atoms with E-state index < -0.39 is 0 Å². The summed E-state index contributed by atoms with van der Waals surface area (Å²) in [5, 5.41) is 0. The highest BCUT2D eigenvalue weighted by molar-refractivity contribution is 5.52. The molecule has 1 nitrogen and oxygen atoms in total. The molecule has 0 aromatic heterocycles. The Kier molecular flexibility index (Phi) is 4.23. The highest BCUT2D eigenvalue weighted by Crippen LogP contribution is 2.00. The normalized spacial score (nSPS) is 12.6. The van der Waals surface area contributed by atoms with Crippen molar-refractivity contribution in [3.05, 3.63) is 12.7 Å². The maximum absolute atomic E-state index is 9.98. The molecule has 0 fully saturated rings. The highest BCUT2D eigenvalue weighted by Gasteiger charge is 1.94. The fraction of sp³-hybridized carbons (Fsp3) is 0.571. The number of carbonyl (C=O) groups excluding carboxylic acids is 1. The number of rotatable bonds is 4. The van der Waals surface area contributed by atoms with E-state index in [1.165, 1.54) is 0 Å². The quantitative estimate of drug-likeness (QED) is 0.400. The molecule has 0 heterocycles. The second-order valence-corrected chi connectivity index (χ2v) is 1.98. The topological polar surface area (TPSA) is 17.1 Å². The van der Waals surface area contributed by atoms with Gasteiger partial charge in [0.15, 0.2) is 0 Å². The maximum atomic E-state index is 9.98. The summed E-state index contributed by atoms with van der Waals surface area (Å²) >= 11 is 0. The summed E-state index contributed by atoms with van der Waals surface area (Å²) in [5.74, 6) is 0.202. The predicted octanol–water partition coefficient (Wildman–Crippen LogP) is 1.79. The Morgan fingerprint density at radius 3 is 2.75 bits per heavy atom. The van der Waals surface area contributed by atoms with Gasteiger partial charge in [-0.15, -0.1) is 6.58 Å². The number of hydrogen-bond donors (Lipinski definition) is 0. The van der Waals surface area contributed by atoms with Crippen molar-refractivity contribution in [2.24, 2.45) is 5.92 Å². The van der Waals surface area contributed by atoms with Gasteiger partial charge in [0.2, 0.25) is 0 Å². The second kappa shape index (κ2) is 4.57. The largest absolute Gasteiger partial charge is 0.303 e. The van der Waals surface area contributed by atoms with Crippen LogP contribution < -0.4 is 0 Å². The standard InChI is InChI=1S/C7H12O/c1-3-4-5-7(2)6-8/h3,6-7H,1,4-5H2,2H3/t7-/m1/s1. The molecule has 0 amide bonds. The van der Waals surface area contributed by atoms with Gasteiger partial charge >= 0.3 is 0 Å². The summed E-state index contributed by atoms with van der Waals surface area (Å²) in [6.07, 6.45) is 4.69. The van der Waals surface area contributed by atoms with E-state index in [0.717, 1.165) is 19.1 Å². The summed E-state index contributed by atoms with van der Waals surface area (Å²) < 4.78 is 0. The number of hydrogen-bond acceptors (Lipinski definition) is 1. The van der Waals surface area contributed by atoms with Crippen LogP contribution in [0.25, 0.3) is 0 Å². The first-order chi connectivity index (χ1) is 3.81. The summed E-state index contributed by atoms with van der Waals surface area (Å²) in [6, 6.07) is 0. The summed E-state index contributed by atoms with van der Waals surface area (Å²) in [6.45, 7) is 5.46. The molecule has 0 aromatic carbocycles. The van der Waals surface area contributed by atoms with Gasteiger partial charge in [-0.05, 0) is 12.8 Å². The molecule has 0 aromatic rings.